The number of hydrogen-bond acceptors (Lipinski definition) is 4. The van der Waals surface area contributed by atoms with Crippen LogP contribution in [0.2, 0.25) is 0 Å². The lowest BCUT2D eigenvalue weighted by molar-refractivity contribution is -0.137. The Hall–Kier alpha value is -1.78. The third-order valence-electron chi connectivity index (χ3n) is 1.52. The Morgan fingerprint density at radius 2 is 2.38 bits per heavy atom. The van der Waals surface area contributed by atoms with Gasteiger partial charge in [-0.25, -0.2) is 4.98 Å². The summed E-state index contributed by atoms with van der Waals surface area (Å²) in [5.74, 6) is -0.414. The fourth-order valence-corrected chi connectivity index (χ4v) is 0.774. The molecule has 0 bridgehead atoms. The Kier molecular flexibility index (Phi) is 2.69. The van der Waals surface area contributed by atoms with Gasteiger partial charge in [-0.2, -0.15) is 0 Å². The first kappa shape index (κ1) is 9.31. The Labute approximate surface area is 75.6 Å². The smallest absolute Gasteiger partial charge is 0.325 e. The maximum atomic E-state index is 10.5. The van der Waals surface area contributed by atoms with Gasteiger partial charge in [0.1, 0.15) is 11.9 Å². The fraction of sp³-hybridized carbons (Fsp3) is 0.250. The Balaban J connectivity index is 2.64. The molecular formula is C8H11N3O2. The number of rotatable bonds is 3. The highest BCUT2D eigenvalue weighted by atomic mass is 16.4. The molecule has 1 atom stereocenters. The van der Waals surface area contributed by atoms with Crippen LogP contribution in [0.25, 0.3) is 0 Å². The van der Waals surface area contributed by atoms with Crippen molar-refractivity contribution in [3.8, 4) is 0 Å². The lowest BCUT2D eigenvalue weighted by Crippen LogP contribution is -2.25. The predicted octanol–water partition coefficient (Wildman–Crippen LogP) is 0.549. The van der Waals surface area contributed by atoms with Crippen molar-refractivity contribution < 1.29 is 9.90 Å². The number of nitrogens with two attached hydrogens (primary N) is 1. The molecule has 70 valence electrons. The normalized spacial score (nSPS) is 12.1. The van der Waals surface area contributed by atoms with Crippen LogP contribution in [-0.4, -0.2) is 22.1 Å². The fourth-order valence-electron chi connectivity index (χ4n) is 0.774. The first-order valence-electron chi connectivity index (χ1n) is 3.80. The molecule has 0 aliphatic rings. The summed E-state index contributed by atoms with van der Waals surface area (Å²) in [5.41, 5.74) is 5.96. The summed E-state index contributed by atoms with van der Waals surface area (Å²) in [6, 6.07) is 2.63. The molecule has 0 aliphatic heterocycles. The van der Waals surface area contributed by atoms with Crippen molar-refractivity contribution in [3.05, 3.63) is 18.3 Å². The second kappa shape index (κ2) is 3.75. The standard InChI is InChI=1S/C8H11N3O2/c1-5(8(12)13)11-7-3-2-6(9)4-10-7/h2-5H,9H2,1H3,(H,10,11)(H,12,13). The van der Waals surface area contributed by atoms with E-state index in [9.17, 15) is 4.79 Å². The van der Waals surface area contributed by atoms with Gasteiger partial charge in [-0.3, -0.25) is 4.79 Å². The topological polar surface area (TPSA) is 88.2 Å². The van der Waals surface area contributed by atoms with Crippen LogP contribution in [0.3, 0.4) is 0 Å². The summed E-state index contributed by atoms with van der Waals surface area (Å²) in [5, 5.41) is 11.3. The highest BCUT2D eigenvalue weighted by Crippen LogP contribution is 2.06. The quantitative estimate of drug-likeness (QED) is 0.633. The lowest BCUT2D eigenvalue weighted by atomic mass is 10.3. The summed E-state index contributed by atoms with van der Waals surface area (Å²) in [4.78, 5) is 14.4. The maximum Gasteiger partial charge on any atom is 0.325 e. The lowest BCUT2D eigenvalue weighted by Gasteiger charge is -2.09. The number of nitrogen functional groups attached to an aromatic ring is 1. The van der Waals surface area contributed by atoms with Crippen LogP contribution in [0.1, 0.15) is 6.92 Å². The molecule has 0 spiro atoms. The number of nitrogens with zero attached hydrogens (tertiary/aromatic N) is 1. The van der Waals surface area contributed by atoms with E-state index in [0.29, 0.717) is 11.5 Å². The molecule has 1 unspecified atom stereocenters. The SMILES string of the molecule is CC(Nc1ccc(N)cn1)C(=O)O. The van der Waals surface area contributed by atoms with Gasteiger partial charge in [-0.1, -0.05) is 0 Å². The first-order valence-corrected chi connectivity index (χ1v) is 3.80. The van der Waals surface area contributed by atoms with Gasteiger partial charge in [-0.05, 0) is 19.1 Å². The number of anilines is 2. The molecule has 0 fully saturated rings. The summed E-state index contributed by atoms with van der Waals surface area (Å²) in [6.45, 7) is 1.54. The Bertz CT molecular complexity index is 297. The molecule has 0 aromatic carbocycles. The second-order valence-corrected chi connectivity index (χ2v) is 2.68. The Morgan fingerprint density at radius 3 is 2.85 bits per heavy atom. The molecule has 0 saturated heterocycles. The minimum atomic E-state index is -0.918. The monoisotopic (exact) mass is 181 g/mol. The molecule has 0 amide bonds. The number of pyridine rings is 1. The van der Waals surface area contributed by atoms with Crippen molar-refractivity contribution in [1.29, 1.82) is 0 Å². The van der Waals surface area contributed by atoms with Crippen LogP contribution in [0.4, 0.5) is 11.5 Å². The minimum Gasteiger partial charge on any atom is -0.480 e. The molecule has 4 N–H and O–H groups in total. The summed E-state index contributed by atoms with van der Waals surface area (Å²) in [6.07, 6.45) is 1.47. The zero-order chi connectivity index (χ0) is 9.84. The summed E-state index contributed by atoms with van der Waals surface area (Å²) < 4.78 is 0. The number of nitrogens with one attached hydrogen (secondary N) is 1. The van der Waals surface area contributed by atoms with Gasteiger partial charge in [0.15, 0.2) is 0 Å². The van der Waals surface area contributed by atoms with Crippen molar-refractivity contribution in [1.82, 2.24) is 4.98 Å². The van der Waals surface area contributed by atoms with Gasteiger partial charge >= 0.3 is 5.97 Å². The van der Waals surface area contributed by atoms with Crippen LogP contribution in [-0.2, 0) is 4.79 Å². The van der Waals surface area contributed by atoms with E-state index in [2.05, 4.69) is 10.3 Å². The van der Waals surface area contributed by atoms with E-state index in [-0.39, 0.29) is 0 Å². The van der Waals surface area contributed by atoms with Gasteiger partial charge < -0.3 is 16.2 Å². The van der Waals surface area contributed by atoms with E-state index in [0.717, 1.165) is 0 Å². The molecule has 0 aliphatic carbocycles. The number of aromatic nitrogens is 1. The number of aliphatic carboxylic acids is 1. The highest BCUT2D eigenvalue weighted by molar-refractivity contribution is 5.76. The first-order chi connectivity index (χ1) is 6.09. The van der Waals surface area contributed by atoms with Crippen LogP contribution in [0.15, 0.2) is 18.3 Å². The summed E-state index contributed by atoms with van der Waals surface area (Å²) >= 11 is 0. The van der Waals surface area contributed by atoms with Crippen molar-refractivity contribution in [2.24, 2.45) is 0 Å². The second-order valence-electron chi connectivity index (χ2n) is 2.68. The molecule has 1 rings (SSSR count). The third-order valence-corrected chi connectivity index (χ3v) is 1.52. The van der Waals surface area contributed by atoms with E-state index >= 15 is 0 Å². The average Bonchev–Trinajstić information content (AvgIpc) is 2.08. The molecule has 1 aromatic rings. The van der Waals surface area contributed by atoms with Crippen molar-refractivity contribution in [3.63, 3.8) is 0 Å². The molecule has 1 aromatic heterocycles. The molecule has 5 heteroatoms. The minimum absolute atomic E-state index is 0.504. The van der Waals surface area contributed by atoms with E-state index < -0.39 is 12.0 Å². The molecule has 0 radical (unpaired) electrons. The zero-order valence-electron chi connectivity index (χ0n) is 7.19. The van der Waals surface area contributed by atoms with Crippen molar-refractivity contribution in [2.75, 3.05) is 11.1 Å². The van der Waals surface area contributed by atoms with Gasteiger partial charge in [0.25, 0.3) is 0 Å². The number of carbonyl (C=O) groups is 1. The predicted molar refractivity (Wildman–Crippen MR) is 49.4 cm³/mol. The van der Waals surface area contributed by atoms with Crippen molar-refractivity contribution >= 4 is 17.5 Å². The zero-order valence-corrected chi connectivity index (χ0v) is 7.19. The van der Waals surface area contributed by atoms with E-state index in [1.54, 1.807) is 19.1 Å². The maximum absolute atomic E-state index is 10.5. The number of carboxylic acid groups (broad SMARTS) is 1. The molecule has 1 heterocycles. The van der Waals surface area contributed by atoms with Crippen LogP contribution in [0.5, 0.6) is 0 Å². The van der Waals surface area contributed by atoms with Crippen LogP contribution >= 0.6 is 0 Å². The van der Waals surface area contributed by atoms with Crippen LogP contribution < -0.4 is 11.1 Å². The van der Waals surface area contributed by atoms with E-state index in [4.69, 9.17) is 10.8 Å². The number of carboxylic acids is 1. The van der Waals surface area contributed by atoms with E-state index in [1.165, 1.54) is 6.20 Å². The number of hydrogen-bond donors (Lipinski definition) is 3. The summed E-state index contributed by atoms with van der Waals surface area (Å²) in [7, 11) is 0. The van der Waals surface area contributed by atoms with Gasteiger partial charge in [0.05, 0.1) is 11.9 Å². The molecule has 0 saturated carbocycles. The van der Waals surface area contributed by atoms with Gasteiger partial charge in [0, 0.05) is 0 Å². The average molecular weight is 181 g/mol. The van der Waals surface area contributed by atoms with Gasteiger partial charge in [-0.15, -0.1) is 0 Å². The molecular weight excluding hydrogens is 170 g/mol. The molecule has 13 heavy (non-hydrogen) atoms. The van der Waals surface area contributed by atoms with E-state index in [1.807, 2.05) is 0 Å². The van der Waals surface area contributed by atoms with Crippen molar-refractivity contribution in [2.45, 2.75) is 13.0 Å². The third kappa shape index (κ3) is 2.62. The Morgan fingerprint density at radius 1 is 1.69 bits per heavy atom. The van der Waals surface area contributed by atoms with Crippen LogP contribution in [0, 0.1) is 0 Å². The molecule has 5 nitrogen and oxygen atoms in total. The highest BCUT2D eigenvalue weighted by Gasteiger charge is 2.09. The largest absolute Gasteiger partial charge is 0.480 e. The van der Waals surface area contributed by atoms with Gasteiger partial charge in [0.2, 0.25) is 0 Å².